The van der Waals surface area contributed by atoms with E-state index < -0.39 is 0 Å². The number of anilines is 1. The van der Waals surface area contributed by atoms with Crippen molar-refractivity contribution in [2.24, 2.45) is 0 Å². The number of hydrogen-bond donors (Lipinski definition) is 0. The number of amides is 1. The minimum atomic E-state index is -0.204. The molecule has 28 heavy (non-hydrogen) atoms. The molecule has 0 radical (unpaired) electrons. The zero-order valence-electron chi connectivity index (χ0n) is 15.2. The molecule has 0 bridgehead atoms. The summed E-state index contributed by atoms with van der Waals surface area (Å²) in [6.07, 6.45) is 0. The van der Waals surface area contributed by atoms with Gasteiger partial charge in [0.25, 0.3) is 5.91 Å². The van der Waals surface area contributed by atoms with Gasteiger partial charge in [0.15, 0.2) is 5.13 Å². The van der Waals surface area contributed by atoms with Crippen LogP contribution in [0.15, 0.2) is 48.5 Å². The van der Waals surface area contributed by atoms with Crippen molar-refractivity contribution in [2.75, 3.05) is 4.90 Å². The Balaban J connectivity index is 1.80. The topological polar surface area (TPSA) is 33.2 Å². The van der Waals surface area contributed by atoms with E-state index in [4.69, 9.17) is 28.2 Å². The van der Waals surface area contributed by atoms with Gasteiger partial charge in [0.1, 0.15) is 4.34 Å². The number of nitrogens with zero attached hydrogens (tertiary/aromatic N) is 2. The molecule has 0 fully saturated rings. The molecule has 2 aromatic heterocycles. The van der Waals surface area contributed by atoms with Crippen molar-refractivity contribution in [1.82, 2.24) is 4.98 Å². The summed E-state index contributed by atoms with van der Waals surface area (Å²) in [6, 6.07) is 15.6. The number of carbonyl (C=O) groups excluding carboxylic acids is 1. The summed E-state index contributed by atoms with van der Waals surface area (Å²) < 4.78 is 1.93. The van der Waals surface area contributed by atoms with Crippen molar-refractivity contribution >= 4 is 67.1 Å². The zero-order valence-corrected chi connectivity index (χ0v) is 18.3. The Morgan fingerprint density at radius 1 is 1.04 bits per heavy atom. The molecule has 7 heteroatoms. The third-order valence-electron chi connectivity index (χ3n) is 4.54. The van der Waals surface area contributed by atoms with Crippen molar-refractivity contribution in [2.45, 2.75) is 20.4 Å². The molecule has 0 unspecified atom stereocenters. The molecular weight excluding hydrogens is 431 g/mol. The van der Waals surface area contributed by atoms with Gasteiger partial charge >= 0.3 is 0 Å². The van der Waals surface area contributed by atoms with Crippen LogP contribution in [0.2, 0.25) is 8.67 Å². The second-order valence-electron chi connectivity index (χ2n) is 6.52. The molecule has 0 saturated heterocycles. The first-order chi connectivity index (χ1) is 13.4. The van der Waals surface area contributed by atoms with E-state index in [0.29, 0.717) is 25.9 Å². The maximum atomic E-state index is 13.4. The molecule has 0 aliphatic carbocycles. The van der Waals surface area contributed by atoms with Crippen LogP contribution in [-0.2, 0) is 6.54 Å². The summed E-state index contributed by atoms with van der Waals surface area (Å²) in [5.74, 6) is -0.204. The van der Waals surface area contributed by atoms with E-state index in [1.54, 1.807) is 11.0 Å². The van der Waals surface area contributed by atoms with E-state index >= 15 is 0 Å². The average Bonchev–Trinajstić information content (AvgIpc) is 3.22. The third kappa shape index (κ3) is 3.80. The van der Waals surface area contributed by atoms with Crippen LogP contribution < -0.4 is 4.90 Å². The second kappa shape index (κ2) is 7.84. The van der Waals surface area contributed by atoms with Gasteiger partial charge in [0.05, 0.1) is 26.7 Å². The molecule has 0 spiro atoms. The fraction of sp³-hybridized carbons (Fsp3) is 0.143. The molecule has 0 saturated carbocycles. The normalized spacial score (nSPS) is 11.1. The standard InChI is InChI=1S/C21H16Cl2N2OS2/c1-12-8-16-17(9-13(12)2)27-21(24-16)25(11-14-6-4-3-5-7-14)20(26)15-10-18(22)28-19(15)23/h3-10H,11H2,1-2H3. The van der Waals surface area contributed by atoms with Crippen molar-refractivity contribution in [3.8, 4) is 0 Å². The summed E-state index contributed by atoms with van der Waals surface area (Å²) in [5.41, 5.74) is 4.69. The summed E-state index contributed by atoms with van der Waals surface area (Å²) in [5, 5.41) is 0.646. The molecule has 0 aliphatic heterocycles. The van der Waals surface area contributed by atoms with Gasteiger partial charge in [-0.25, -0.2) is 4.98 Å². The monoisotopic (exact) mass is 446 g/mol. The minimum absolute atomic E-state index is 0.204. The van der Waals surface area contributed by atoms with E-state index in [0.717, 1.165) is 15.8 Å². The molecule has 1 amide bonds. The largest absolute Gasteiger partial charge is 0.279 e. The van der Waals surface area contributed by atoms with E-state index in [2.05, 4.69) is 26.0 Å². The molecule has 2 aromatic carbocycles. The van der Waals surface area contributed by atoms with E-state index in [-0.39, 0.29) is 5.91 Å². The van der Waals surface area contributed by atoms with E-state index in [9.17, 15) is 4.79 Å². The molecule has 0 aliphatic rings. The molecule has 2 heterocycles. The molecule has 3 nitrogen and oxygen atoms in total. The molecule has 0 N–H and O–H groups in total. The lowest BCUT2D eigenvalue weighted by Gasteiger charge is -2.19. The van der Waals surface area contributed by atoms with Crippen molar-refractivity contribution in [3.63, 3.8) is 0 Å². The Labute approximate surface area is 181 Å². The van der Waals surface area contributed by atoms with Gasteiger partial charge in [-0.3, -0.25) is 9.69 Å². The Hall–Kier alpha value is -1.92. The fourth-order valence-corrected chi connectivity index (χ4v) is 5.40. The number of benzene rings is 2. The smallest absolute Gasteiger partial charge is 0.262 e. The molecule has 4 rings (SSSR count). The van der Waals surface area contributed by atoms with Gasteiger partial charge in [-0.1, -0.05) is 64.9 Å². The Morgan fingerprint density at radius 3 is 2.43 bits per heavy atom. The third-order valence-corrected chi connectivity index (χ3v) is 7.07. The van der Waals surface area contributed by atoms with Crippen LogP contribution in [0.3, 0.4) is 0 Å². The lowest BCUT2D eigenvalue weighted by molar-refractivity contribution is 0.0985. The maximum Gasteiger partial charge on any atom is 0.262 e. The van der Waals surface area contributed by atoms with Gasteiger partial charge < -0.3 is 0 Å². The van der Waals surface area contributed by atoms with Gasteiger partial charge in [-0.05, 0) is 48.7 Å². The van der Waals surface area contributed by atoms with Crippen LogP contribution in [0.5, 0.6) is 0 Å². The molecule has 0 atom stereocenters. The van der Waals surface area contributed by atoms with E-state index in [1.807, 2.05) is 30.3 Å². The predicted octanol–water partition coefficient (Wildman–Crippen LogP) is 7.13. The van der Waals surface area contributed by atoms with Crippen molar-refractivity contribution in [3.05, 3.63) is 79.5 Å². The number of fused-ring (bicyclic) bond motifs is 1. The number of halogens is 2. The average molecular weight is 447 g/mol. The number of carbonyl (C=O) groups is 1. The van der Waals surface area contributed by atoms with E-state index in [1.165, 1.54) is 33.8 Å². The molecular formula is C21H16Cl2N2OS2. The number of rotatable bonds is 4. The second-order valence-corrected chi connectivity index (χ2v) is 9.81. The van der Waals surface area contributed by atoms with Crippen molar-refractivity contribution < 1.29 is 4.79 Å². The first-order valence-corrected chi connectivity index (χ1v) is 11.0. The number of thiazole rings is 1. The number of aryl methyl sites for hydroxylation is 2. The van der Waals surface area contributed by atoms with Crippen LogP contribution in [0.1, 0.15) is 27.0 Å². The minimum Gasteiger partial charge on any atom is -0.279 e. The number of hydrogen-bond acceptors (Lipinski definition) is 4. The molecule has 4 aromatic rings. The summed E-state index contributed by atoms with van der Waals surface area (Å²) in [4.78, 5) is 19.8. The summed E-state index contributed by atoms with van der Waals surface area (Å²) in [6.45, 7) is 4.54. The Morgan fingerprint density at radius 2 is 1.75 bits per heavy atom. The summed E-state index contributed by atoms with van der Waals surface area (Å²) in [7, 11) is 0. The van der Waals surface area contributed by atoms with Crippen LogP contribution >= 0.6 is 45.9 Å². The predicted molar refractivity (Wildman–Crippen MR) is 120 cm³/mol. The lowest BCUT2D eigenvalue weighted by Crippen LogP contribution is -2.30. The van der Waals surface area contributed by atoms with Gasteiger partial charge in [-0.15, -0.1) is 11.3 Å². The number of thiophene rings is 1. The van der Waals surface area contributed by atoms with Crippen molar-refractivity contribution in [1.29, 1.82) is 0 Å². The lowest BCUT2D eigenvalue weighted by atomic mass is 10.1. The maximum absolute atomic E-state index is 13.4. The van der Waals surface area contributed by atoms with Gasteiger partial charge in [0, 0.05) is 0 Å². The molecule has 142 valence electrons. The van der Waals surface area contributed by atoms with Crippen LogP contribution in [-0.4, -0.2) is 10.9 Å². The first-order valence-electron chi connectivity index (χ1n) is 8.61. The Bertz CT molecular complexity index is 1130. The Kier molecular flexibility index (Phi) is 5.43. The first kappa shape index (κ1) is 19.4. The SMILES string of the molecule is Cc1cc2nc(N(Cc3ccccc3)C(=O)c3cc(Cl)sc3Cl)sc2cc1C. The van der Waals surface area contributed by atoms with Gasteiger partial charge in [0.2, 0.25) is 0 Å². The van der Waals surface area contributed by atoms with Gasteiger partial charge in [-0.2, -0.15) is 0 Å². The highest BCUT2D eigenvalue weighted by Crippen LogP contribution is 2.36. The van der Waals surface area contributed by atoms with Crippen LogP contribution in [0, 0.1) is 13.8 Å². The highest BCUT2D eigenvalue weighted by molar-refractivity contribution is 7.22. The van der Waals surface area contributed by atoms with Crippen LogP contribution in [0.25, 0.3) is 10.2 Å². The van der Waals surface area contributed by atoms with Crippen LogP contribution in [0.4, 0.5) is 5.13 Å². The quantitative estimate of drug-likeness (QED) is 0.333. The highest BCUT2D eigenvalue weighted by atomic mass is 35.5. The number of aromatic nitrogens is 1. The zero-order chi connectivity index (χ0) is 19.8. The summed E-state index contributed by atoms with van der Waals surface area (Å²) >= 11 is 15.0. The highest BCUT2D eigenvalue weighted by Gasteiger charge is 2.25. The fourth-order valence-electron chi connectivity index (χ4n) is 2.91.